The van der Waals surface area contributed by atoms with Crippen LogP contribution < -0.4 is 10.5 Å². The molecule has 0 amide bonds. The Morgan fingerprint density at radius 3 is 2.69 bits per heavy atom. The Kier molecular flexibility index (Phi) is 2.52. The molecule has 2 aromatic rings. The van der Waals surface area contributed by atoms with Crippen molar-refractivity contribution in [2.75, 3.05) is 12.8 Å². The van der Waals surface area contributed by atoms with Crippen LogP contribution in [0.2, 0.25) is 0 Å². The molecule has 0 bridgehead atoms. The Hall–Kier alpha value is -2.04. The molecule has 2 N–H and O–H groups in total. The van der Waals surface area contributed by atoms with Gasteiger partial charge < -0.3 is 15.0 Å². The third-order valence-corrected chi connectivity index (χ3v) is 2.21. The number of benzene rings is 1. The molecule has 5 heteroatoms. The summed E-state index contributed by atoms with van der Waals surface area (Å²) in [6.45, 7) is 1.84. The summed E-state index contributed by atoms with van der Waals surface area (Å²) in [6.07, 6.45) is 0. The summed E-state index contributed by atoms with van der Waals surface area (Å²) in [4.78, 5) is 0. The fraction of sp³-hybridized carbons (Fsp3) is 0.182. The van der Waals surface area contributed by atoms with Crippen LogP contribution in [0, 0.1) is 12.7 Å². The number of hydrogen-bond acceptors (Lipinski definition) is 4. The Morgan fingerprint density at radius 1 is 1.38 bits per heavy atom. The van der Waals surface area contributed by atoms with Crippen LogP contribution in [0.5, 0.6) is 5.75 Å². The Bertz CT molecular complexity index is 523. The monoisotopic (exact) mass is 222 g/mol. The summed E-state index contributed by atoms with van der Waals surface area (Å²) < 4.78 is 23.5. The lowest BCUT2D eigenvalue weighted by Crippen LogP contribution is -1.93. The number of rotatable bonds is 2. The minimum Gasteiger partial charge on any atom is -0.494 e. The quantitative estimate of drug-likeness (QED) is 0.847. The van der Waals surface area contributed by atoms with Crippen molar-refractivity contribution < 1.29 is 13.7 Å². The number of aryl methyl sites for hydroxylation is 1. The van der Waals surface area contributed by atoms with Crippen LogP contribution in [0.3, 0.4) is 0 Å². The third kappa shape index (κ3) is 1.71. The summed E-state index contributed by atoms with van der Waals surface area (Å²) in [7, 11) is 1.42. The number of nitrogens with zero attached hydrogens (tertiary/aromatic N) is 1. The number of nitrogens with two attached hydrogens (primary N) is 1. The van der Waals surface area contributed by atoms with Gasteiger partial charge in [0.1, 0.15) is 5.69 Å². The van der Waals surface area contributed by atoms with Gasteiger partial charge in [0.05, 0.1) is 7.11 Å². The lowest BCUT2D eigenvalue weighted by molar-refractivity contribution is 0.386. The molecule has 2 rings (SSSR count). The fourth-order valence-corrected chi connectivity index (χ4v) is 1.49. The zero-order valence-corrected chi connectivity index (χ0v) is 8.95. The average Bonchev–Trinajstić information content (AvgIpc) is 2.67. The van der Waals surface area contributed by atoms with E-state index in [0.29, 0.717) is 11.3 Å². The van der Waals surface area contributed by atoms with Gasteiger partial charge >= 0.3 is 0 Å². The average molecular weight is 222 g/mol. The van der Waals surface area contributed by atoms with Crippen LogP contribution in [0.1, 0.15) is 5.56 Å². The first kappa shape index (κ1) is 10.5. The number of halogens is 1. The van der Waals surface area contributed by atoms with Gasteiger partial charge in [0.25, 0.3) is 0 Å². The molecule has 0 fully saturated rings. The van der Waals surface area contributed by atoms with E-state index in [2.05, 4.69) is 5.16 Å². The second-order valence-electron chi connectivity index (χ2n) is 3.44. The van der Waals surface area contributed by atoms with Gasteiger partial charge in [-0.05, 0) is 24.6 Å². The second-order valence-corrected chi connectivity index (χ2v) is 3.44. The number of nitrogen functional groups attached to an aromatic ring is 1. The highest BCUT2D eigenvalue weighted by Gasteiger charge is 2.14. The maximum Gasteiger partial charge on any atom is 0.222 e. The first-order valence-corrected chi connectivity index (χ1v) is 4.68. The normalized spacial score (nSPS) is 10.4. The molecule has 4 nitrogen and oxygen atoms in total. The highest BCUT2D eigenvalue weighted by molar-refractivity contribution is 5.65. The van der Waals surface area contributed by atoms with Gasteiger partial charge in [-0.15, -0.1) is 0 Å². The summed E-state index contributed by atoms with van der Waals surface area (Å²) in [5.41, 5.74) is 6.94. The van der Waals surface area contributed by atoms with Gasteiger partial charge in [0.2, 0.25) is 5.88 Å². The van der Waals surface area contributed by atoms with Crippen LogP contribution >= 0.6 is 0 Å². The summed E-state index contributed by atoms with van der Waals surface area (Å²) in [6, 6.07) is 4.74. The standard InChI is InChI=1S/C11H11FN2O2/c1-6-3-7(8-5-10(13)16-14-8)11(12)9(4-6)15-2/h3-5H,13H2,1-2H3. The van der Waals surface area contributed by atoms with Crippen LogP contribution in [0.25, 0.3) is 11.3 Å². The zero-order chi connectivity index (χ0) is 11.7. The van der Waals surface area contributed by atoms with Gasteiger partial charge in [-0.2, -0.15) is 0 Å². The minimum atomic E-state index is -0.471. The van der Waals surface area contributed by atoms with E-state index < -0.39 is 5.82 Å². The molecule has 0 aliphatic carbocycles. The topological polar surface area (TPSA) is 61.3 Å². The molecule has 0 aliphatic heterocycles. The van der Waals surface area contributed by atoms with Crippen molar-refractivity contribution >= 4 is 5.88 Å². The van der Waals surface area contributed by atoms with E-state index in [1.165, 1.54) is 13.2 Å². The van der Waals surface area contributed by atoms with Gasteiger partial charge in [-0.1, -0.05) is 5.16 Å². The predicted molar refractivity (Wildman–Crippen MR) is 57.6 cm³/mol. The molecule has 84 valence electrons. The third-order valence-electron chi connectivity index (χ3n) is 2.21. The van der Waals surface area contributed by atoms with Crippen LogP contribution in [-0.2, 0) is 0 Å². The smallest absolute Gasteiger partial charge is 0.222 e. The maximum atomic E-state index is 13.9. The molecule has 0 radical (unpaired) electrons. The minimum absolute atomic E-state index is 0.148. The summed E-state index contributed by atoms with van der Waals surface area (Å²) in [5, 5.41) is 3.67. The van der Waals surface area contributed by atoms with E-state index in [1.807, 2.05) is 6.92 Å². The fourth-order valence-electron chi connectivity index (χ4n) is 1.49. The van der Waals surface area contributed by atoms with Crippen molar-refractivity contribution in [1.29, 1.82) is 0 Å². The first-order chi connectivity index (χ1) is 7.61. The van der Waals surface area contributed by atoms with Crippen molar-refractivity contribution in [3.8, 4) is 17.0 Å². The van der Waals surface area contributed by atoms with E-state index in [1.54, 1.807) is 12.1 Å². The highest BCUT2D eigenvalue weighted by atomic mass is 19.1. The molecule has 1 aromatic carbocycles. The molecular weight excluding hydrogens is 211 g/mol. The Labute approximate surface area is 91.8 Å². The molecule has 1 aromatic heterocycles. The van der Waals surface area contributed by atoms with Crippen LogP contribution in [0.4, 0.5) is 10.3 Å². The molecule has 0 saturated carbocycles. The van der Waals surface area contributed by atoms with E-state index in [0.717, 1.165) is 5.56 Å². The van der Waals surface area contributed by atoms with Gasteiger partial charge in [0, 0.05) is 11.6 Å². The Morgan fingerprint density at radius 2 is 2.12 bits per heavy atom. The lowest BCUT2D eigenvalue weighted by atomic mass is 10.1. The van der Waals surface area contributed by atoms with E-state index >= 15 is 0 Å². The molecule has 0 spiro atoms. The molecule has 0 atom stereocenters. The molecular formula is C11H11FN2O2. The van der Waals surface area contributed by atoms with Crippen LogP contribution in [0.15, 0.2) is 22.7 Å². The SMILES string of the molecule is COc1cc(C)cc(-c2cc(N)on2)c1F. The molecule has 1 heterocycles. The lowest BCUT2D eigenvalue weighted by Gasteiger charge is -2.06. The van der Waals surface area contributed by atoms with Crippen molar-refractivity contribution in [2.45, 2.75) is 6.92 Å². The number of aromatic nitrogens is 1. The van der Waals surface area contributed by atoms with E-state index in [9.17, 15) is 4.39 Å². The number of anilines is 1. The van der Waals surface area contributed by atoms with E-state index in [4.69, 9.17) is 15.0 Å². The van der Waals surface area contributed by atoms with Gasteiger partial charge in [-0.3, -0.25) is 0 Å². The summed E-state index contributed by atoms with van der Waals surface area (Å²) >= 11 is 0. The molecule has 0 aliphatic rings. The number of methoxy groups -OCH3 is 1. The van der Waals surface area contributed by atoms with Gasteiger partial charge in [-0.25, -0.2) is 4.39 Å². The van der Waals surface area contributed by atoms with E-state index in [-0.39, 0.29) is 11.6 Å². The van der Waals surface area contributed by atoms with Crippen molar-refractivity contribution in [1.82, 2.24) is 5.16 Å². The highest BCUT2D eigenvalue weighted by Crippen LogP contribution is 2.30. The van der Waals surface area contributed by atoms with Crippen molar-refractivity contribution in [3.05, 3.63) is 29.6 Å². The summed E-state index contributed by atoms with van der Waals surface area (Å²) in [5.74, 6) is -0.146. The predicted octanol–water partition coefficient (Wildman–Crippen LogP) is 2.38. The maximum absolute atomic E-state index is 13.9. The molecule has 0 saturated heterocycles. The number of hydrogen-bond donors (Lipinski definition) is 1. The van der Waals surface area contributed by atoms with Crippen molar-refractivity contribution in [3.63, 3.8) is 0 Å². The zero-order valence-electron chi connectivity index (χ0n) is 8.95. The first-order valence-electron chi connectivity index (χ1n) is 4.68. The molecule has 0 unspecified atom stereocenters. The number of ether oxygens (including phenoxy) is 1. The second kappa shape index (κ2) is 3.84. The Balaban J connectivity index is 2.60. The van der Waals surface area contributed by atoms with Crippen molar-refractivity contribution in [2.24, 2.45) is 0 Å². The van der Waals surface area contributed by atoms with Gasteiger partial charge in [0.15, 0.2) is 11.6 Å². The molecule has 16 heavy (non-hydrogen) atoms. The van der Waals surface area contributed by atoms with Crippen LogP contribution in [-0.4, -0.2) is 12.3 Å². The largest absolute Gasteiger partial charge is 0.494 e.